The maximum absolute atomic E-state index is 12.7. The van der Waals surface area contributed by atoms with Crippen molar-refractivity contribution in [2.75, 3.05) is 13.1 Å². The third-order valence-corrected chi connectivity index (χ3v) is 5.76. The van der Waals surface area contributed by atoms with E-state index >= 15 is 0 Å². The van der Waals surface area contributed by atoms with Crippen LogP contribution in [0.15, 0.2) is 47.0 Å². The fourth-order valence-corrected chi connectivity index (χ4v) is 3.74. The molecule has 7 heteroatoms. The number of halogens is 2. The summed E-state index contributed by atoms with van der Waals surface area (Å²) in [5.74, 6) is 1.36. The highest BCUT2D eigenvalue weighted by atomic mass is 35.5. The Labute approximate surface area is 173 Å². The molecule has 4 rings (SSSR count). The van der Waals surface area contributed by atoms with Crippen molar-refractivity contribution < 1.29 is 9.32 Å². The van der Waals surface area contributed by atoms with Crippen molar-refractivity contribution in [3.05, 3.63) is 69.5 Å². The Morgan fingerprint density at radius 3 is 2.61 bits per heavy atom. The first-order chi connectivity index (χ1) is 13.5. The lowest BCUT2D eigenvalue weighted by Crippen LogP contribution is -2.38. The Hall–Kier alpha value is -2.37. The molecule has 1 saturated heterocycles. The van der Waals surface area contributed by atoms with Crippen LogP contribution in [0.2, 0.25) is 10.0 Å². The summed E-state index contributed by atoms with van der Waals surface area (Å²) < 4.78 is 5.51. The average molecular weight is 416 g/mol. The van der Waals surface area contributed by atoms with Gasteiger partial charge in [0.25, 0.3) is 5.91 Å². The largest absolute Gasteiger partial charge is 0.339 e. The van der Waals surface area contributed by atoms with Crippen LogP contribution in [0.3, 0.4) is 0 Å². The van der Waals surface area contributed by atoms with Gasteiger partial charge in [-0.05, 0) is 44.0 Å². The molecule has 1 aliphatic rings. The topological polar surface area (TPSA) is 59.2 Å². The van der Waals surface area contributed by atoms with Crippen molar-refractivity contribution in [3.8, 4) is 11.4 Å². The van der Waals surface area contributed by atoms with E-state index < -0.39 is 0 Å². The number of aryl methyl sites for hydroxylation is 1. The van der Waals surface area contributed by atoms with E-state index in [1.807, 2.05) is 36.1 Å². The SMILES string of the molecule is Cc1cccc(-c2noc(C3CCN(C(=O)c4ccc(Cl)c(Cl)c4)CC3)n2)c1. The van der Waals surface area contributed by atoms with Crippen molar-refractivity contribution >= 4 is 29.1 Å². The molecule has 5 nitrogen and oxygen atoms in total. The molecule has 3 aromatic rings. The second-order valence-corrected chi connectivity index (χ2v) is 7.84. The molecule has 0 N–H and O–H groups in total. The maximum Gasteiger partial charge on any atom is 0.253 e. The summed E-state index contributed by atoms with van der Waals surface area (Å²) >= 11 is 12.0. The molecule has 0 spiro atoms. The predicted octanol–water partition coefficient (Wildman–Crippen LogP) is 5.37. The zero-order chi connectivity index (χ0) is 19.7. The molecule has 2 heterocycles. The number of carbonyl (C=O) groups is 1. The summed E-state index contributed by atoms with van der Waals surface area (Å²) in [6.07, 6.45) is 1.56. The highest BCUT2D eigenvalue weighted by Gasteiger charge is 2.28. The van der Waals surface area contributed by atoms with E-state index in [9.17, 15) is 4.79 Å². The van der Waals surface area contributed by atoms with Crippen LogP contribution >= 0.6 is 23.2 Å². The second kappa shape index (κ2) is 7.94. The summed E-state index contributed by atoms with van der Waals surface area (Å²) in [5, 5.41) is 4.96. The van der Waals surface area contributed by atoms with Gasteiger partial charge in [-0.25, -0.2) is 0 Å². The minimum Gasteiger partial charge on any atom is -0.339 e. The van der Waals surface area contributed by atoms with E-state index in [1.165, 1.54) is 0 Å². The minimum absolute atomic E-state index is 0.0389. The molecule has 0 unspecified atom stereocenters. The fourth-order valence-electron chi connectivity index (χ4n) is 3.44. The summed E-state index contributed by atoms with van der Waals surface area (Å²) in [4.78, 5) is 19.1. The van der Waals surface area contributed by atoms with Crippen LogP contribution in [0.4, 0.5) is 0 Å². The Bertz CT molecular complexity index is 1010. The minimum atomic E-state index is -0.0389. The van der Waals surface area contributed by atoms with Gasteiger partial charge in [0, 0.05) is 30.1 Å². The molecule has 1 aromatic heterocycles. The molecular formula is C21H19Cl2N3O2. The zero-order valence-electron chi connectivity index (χ0n) is 15.4. The molecule has 0 radical (unpaired) electrons. The Morgan fingerprint density at radius 2 is 1.89 bits per heavy atom. The maximum atomic E-state index is 12.7. The predicted molar refractivity (Wildman–Crippen MR) is 109 cm³/mol. The van der Waals surface area contributed by atoms with Crippen LogP contribution in [0.25, 0.3) is 11.4 Å². The quantitative estimate of drug-likeness (QED) is 0.576. The molecule has 0 aliphatic carbocycles. The van der Waals surface area contributed by atoms with Gasteiger partial charge in [0.15, 0.2) is 0 Å². The molecule has 0 saturated carbocycles. The van der Waals surface area contributed by atoms with Gasteiger partial charge in [0.2, 0.25) is 11.7 Å². The standard InChI is InChI=1S/C21H19Cl2N3O2/c1-13-3-2-4-15(11-13)19-24-20(28-25-19)14-7-9-26(10-8-14)21(27)16-5-6-17(22)18(23)12-16/h2-6,11-12,14H,7-10H2,1H3. The number of benzene rings is 2. The monoisotopic (exact) mass is 415 g/mol. The number of hydrogen-bond donors (Lipinski definition) is 0. The molecule has 2 aromatic carbocycles. The van der Waals surface area contributed by atoms with Gasteiger partial charge in [0.1, 0.15) is 0 Å². The summed E-state index contributed by atoms with van der Waals surface area (Å²) in [5.41, 5.74) is 2.65. The molecule has 144 valence electrons. The zero-order valence-corrected chi connectivity index (χ0v) is 16.9. The number of likely N-dealkylation sites (tertiary alicyclic amines) is 1. The van der Waals surface area contributed by atoms with Crippen LogP contribution in [-0.4, -0.2) is 34.0 Å². The number of nitrogens with zero attached hydrogens (tertiary/aromatic N) is 3. The number of amides is 1. The highest BCUT2D eigenvalue weighted by molar-refractivity contribution is 6.42. The molecule has 0 bridgehead atoms. The van der Waals surface area contributed by atoms with Crippen LogP contribution in [0.5, 0.6) is 0 Å². The highest BCUT2D eigenvalue weighted by Crippen LogP contribution is 2.30. The second-order valence-electron chi connectivity index (χ2n) is 7.02. The van der Waals surface area contributed by atoms with Crippen LogP contribution in [0, 0.1) is 6.92 Å². The molecule has 1 amide bonds. The van der Waals surface area contributed by atoms with Gasteiger partial charge in [-0.15, -0.1) is 0 Å². The van der Waals surface area contributed by atoms with Crippen molar-refractivity contribution in [1.29, 1.82) is 0 Å². The van der Waals surface area contributed by atoms with E-state index in [4.69, 9.17) is 27.7 Å². The van der Waals surface area contributed by atoms with Gasteiger partial charge in [0.05, 0.1) is 10.0 Å². The molecular weight excluding hydrogens is 397 g/mol. The van der Waals surface area contributed by atoms with Crippen molar-refractivity contribution in [3.63, 3.8) is 0 Å². The van der Waals surface area contributed by atoms with Crippen molar-refractivity contribution in [2.45, 2.75) is 25.7 Å². The van der Waals surface area contributed by atoms with Crippen molar-refractivity contribution in [1.82, 2.24) is 15.0 Å². The summed E-state index contributed by atoms with van der Waals surface area (Å²) in [7, 11) is 0. The van der Waals surface area contributed by atoms with Gasteiger partial charge < -0.3 is 9.42 Å². The van der Waals surface area contributed by atoms with E-state index in [2.05, 4.69) is 10.1 Å². The number of aromatic nitrogens is 2. The van der Waals surface area contributed by atoms with Gasteiger partial charge in [-0.1, -0.05) is 52.1 Å². The molecule has 28 heavy (non-hydrogen) atoms. The number of hydrogen-bond acceptors (Lipinski definition) is 4. The third kappa shape index (κ3) is 3.91. The lowest BCUT2D eigenvalue weighted by atomic mass is 9.96. The van der Waals surface area contributed by atoms with Crippen LogP contribution < -0.4 is 0 Å². The van der Waals surface area contributed by atoms with E-state index in [0.29, 0.717) is 40.4 Å². The smallest absolute Gasteiger partial charge is 0.253 e. The molecule has 1 aliphatic heterocycles. The van der Waals surface area contributed by atoms with Gasteiger partial charge >= 0.3 is 0 Å². The fraction of sp³-hybridized carbons (Fsp3) is 0.286. The third-order valence-electron chi connectivity index (χ3n) is 5.02. The van der Waals surface area contributed by atoms with E-state index in [1.54, 1.807) is 18.2 Å². The number of carbonyl (C=O) groups excluding carboxylic acids is 1. The Balaban J connectivity index is 1.41. The first-order valence-electron chi connectivity index (χ1n) is 9.16. The lowest BCUT2D eigenvalue weighted by Gasteiger charge is -2.30. The Kier molecular flexibility index (Phi) is 5.38. The summed E-state index contributed by atoms with van der Waals surface area (Å²) in [6, 6.07) is 13.0. The van der Waals surface area contributed by atoms with Crippen molar-refractivity contribution in [2.24, 2.45) is 0 Å². The van der Waals surface area contributed by atoms with Gasteiger partial charge in [-0.2, -0.15) is 4.98 Å². The number of piperidine rings is 1. The summed E-state index contributed by atoms with van der Waals surface area (Å²) in [6.45, 7) is 3.29. The molecule has 0 atom stereocenters. The van der Waals surface area contributed by atoms with Gasteiger partial charge in [-0.3, -0.25) is 4.79 Å². The normalized spacial score (nSPS) is 15.0. The Morgan fingerprint density at radius 1 is 1.11 bits per heavy atom. The number of rotatable bonds is 3. The molecule has 1 fully saturated rings. The van der Waals surface area contributed by atoms with E-state index in [0.717, 1.165) is 24.0 Å². The van der Waals surface area contributed by atoms with E-state index in [-0.39, 0.29) is 11.8 Å². The van der Waals surface area contributed by atoms with Crippen LogP contribution in [0.1, 0.15) is 40.6 Å². The average Bonchev–Trinajstić information content (AvgIpc) is 3.20. The first-order valence-corrected chi connectivity index (χ1v) is 9.92. The van der Waals surface area contributed by atoms with Crippen LogP contribution in [-0.2, 0) is 0 Å². The lowest BCUT2D eigenvalue weighted by molar-refractivity contribution is 0.0704. The first kappa shape index (κ1) is 19.0.